The molecule has 3 rings (SSSR count). The third kappa shape index (κ3) is 5.07. The van der Waals surface area contributed by atoms with Gasteiger partial charge in [0.25, 0.3) is 0 Å². The molecule has 144 valence electrons. The van der Waals surface area contributed by atoms with Gasteiger partial charge in [-0.2, -0.15) is 0 Å². The lowest BCUT2D eigenvalue weighted by molar-refractivity contribution is -0.136. The van der Waals surface area contributed by atoms with Crippen LogP contribution in [0.2, 0.25) is 0 Å². The minimum absolute atomic E-state index is 0.410. The van der Waals surface area contributed by atoms with Gasteiger partial charge >= 0.3 is 11.8 Å². The largest absolute Gasteiger partial charge is 0.348 e. The summed E-state index contributed by atoms with van der Waals surface area (Å²) in [5, 5.41) is 5.27. The van der Waals surface area contributed by atoms with Gasteiger partial charge < -0.3 is 15.2 Å². The van der Waals surface area contributed by atoms with Gasteiger partial charge in [-0.3, -0.25) is 9.59 Å². The number of aryl methyl sites for hydroxylation is 2. The van der Waals surface area contributed by atoms with Crippen LogP contribution >= 0.6 is 0 Å². The van der Waals surface area contributed by atoms with Gasteiger partial charge in [-0.25, -0.2) is 4.98 Å². The lowest BCUT2D eigenvalue weighted by Gasteiger charge is -2.09. The third-order valence-electron chi connectivity index (χ3n) is 4.44. The molecule has 0 aliphatic rings. The topological polar surface area (TPSA) is 76.0 Å². The summed E-state index contributed by atoms with van der Waals surface area (Å²) in [7, 11) is 0. The maximum atomic E-state index is 12.0. The molecule has 6 heteroatoms. The van der Waals surface area contributed by atoms with Crippen molar-refractivity contribution in [1.29, 1.82) is 0 Å². The summed E-state index contributed by atoms with van der Waals surface area (Å²) in [6, 6.07) is 17.4. The zero-order valence-electron chi connectivity index (χ0n) is 15.9. The Balaban J connectivity index is 1.44. The predicted molar refractivity (Wildman–Crippen MR) is 110 cm³/mol. The van der Waals surface area contributed by atoms with E-state index < -0.39 is 11.8 Å². The lowest BCUT2D eigenvalue weighted by Crippen LogP contribution is -2.36. The maximum Gasteiger partial charge on any atom is 0.313 e. The molecule has 0 aliphatic heterocycles. The molecule has 0 saturated carbocycles. The molecule has 2 amide bonds. The Morgan fingerprint density at radius 1 is 1.00 bits per heavy atom. The highest BCUT2D eigenvalue weighted by Crippen LogP contribution is 2.16. The number of nitrogens with zero attached hydrogens (tertiary/aromatic N) is 2. The molecule has 0 saturated heterocycles. The number of carbonyl (C=O) groups is 2. The number of aromatic nitrogens is 2. The number of carbonyl (C=O) groups excluding carboxylic acids is 2. The quantitative estimate of drug-likeness (QED) is 0.491. The summed E-state index contributed by atoms with van der Waals surface area (Å²) in [5.41, 5.74) is 2.84. The molecule has 6 nitrogen and oxygen atoms in total. The van der Waals surface area contributed by atoms with E-state index in [2.05, 4.69) is 22.5 Å². The van der Waals surface area contributed by atoms with Crippen LogP contribution in [0.3, 0.4) is 0 Å². The van der Waals surface area contributed by atoms with E-state index in [-0.39, 0.29) is 0 Å². The van der Waals surface area contributed by atoms with E-state index in [0.717, 1.165) is 17.8 Å². The van der Waals surface area contributed by atoms with Crippen LogP contribution in [0.25, 0.3) is 11.4 Å². The van der Waals surface area contributed by atoms with Gasteiger partial charge in [0, 0.05) is 36.7 Å². The van der Waals surface area contributed by atoms with E-state index in [1.807, 2.05) is 53.2 Å². The highest BCUT2D eigenvalue weighted by molar-refractivity contribution is 6.39. The van der Waals surface area contributed by atoms with Crippen molar-refractivity contribution >= 4 is 17.5 Å². The standard InChI is InChI=1S/C22H24N4O2/c1-2-17-9-11-19(12-10-17)25-22(28)21(27)24-13-6-15-26-16-14-23-20(26)18-7-4-3-5-8-18/h3-5,7-12,14,16H,2,6,13,15H2,1H3,(H,24,27)(H,25,28). The van der Waals surface area contributed by atoms with Gasteiger partial charge in [0.15, 0.2) is 0 Å². The molecule has 0 unspecified atom stereocenters. The van der Waals surface area contributed by atoms with Gasteiger partial charge in [-0.1, -0.05) is 49.4 Å². The Kier molecular flexibility index (Phi) is 6.57. The highest BCUT2D eigenvalue weighted by Gasteiger charge is 2.13. The number of nitrogens with one attached hydrogen (secondary N) is 2. The van der Waals surface area contributed by atoms with E-state index in [0.29, 0.717) is 25.2 Å². The van der Waals surface area contributed by atoms with Crippen molar-refractivity contribution in [2.75, 3.05) is 11.9 Å². The van der Waals surface area contributed by atoms with Crippen molar-refractivity contribution < 1.29 is 9.59 Å². The summed E-state index contributed by atoms with van der Waals surface area (Å²) in [6.07, 6.45) is 5.30. The monoisotopic (exact) mass is 376 g/mol. The Morgan fingerprint density at radius 3 is 2.46 bits per heavy atom. The number of amides is 2. The Bertz CT molecular complexity index is 917. The number of anilines is 1. The SMILES string of the molecule is CCc1ccc(NC(=O)C(=O)NCCCn2ccnc2-c2ccccc2)cc1. The van der Waals surface area contributed by atoms with Crippen LogP contribution in [0.15, 0.2) is 67.0 Å². The summed E-state index contributed by atoms with van der Waals surface area (Å²) in [4.78, 5) is 28.4. The van der Waals surface area contributed by atoms with Crippen molar-refractivity contribution in [2.45, 2.75) is 26.3 Å². The predicted octanol–water partition coefficient (Wildman–Crippen LogP) is 3.26. The van der Waals surface area contributed by atoms with E-state index in [1.54, 1.807) is 18.3 Å². The molecule has 0 spiro atoms. The summed E-state index contributed by atoms with van der Waals surface area (Å²) < 4.78 is 2.04. The fraction of sp³-hybridized carbons (Fsp3) is 0.227. The fourth-order valence-electron chi connectivity index (χ4n) is 2.88. The van der Waals surface area contributed by atoms with E-state index in [9.17, 15) is 9.59 Å². The molecule has 0 bridgehead atoms. The van der Waals surface area contributed by atoms with E-state index >= 15 is 0 Å². The maximum absolute atomic E-state index is 12.0. The van der Waals surface area contributed by atoms with Crippen LogP contribution in [0.5, 0.6) is 0 Å². The number of hydrogen-bond acceptors (Lipinski definition) is 3. The Morgan fingerprint density at radius 2 is 1.75 bits per heavy atom. The first-order chi connectivity index (χ1) is 13.7. The Labute approximate surface area is 164 Å². The minimum atomic E-state index is -0.656. The number of imidazole rings is 1. The zero-order chi connectivity index (χ0) is 19.8. The summed E-state index contributed by atoms with van der Waals surface area (Å²) >= 11 is 0. The van der Waals surface area contributed by atoms with Gasteiger partial charge in [-0.05, 0) is 30.5 Å². The second-order valence-electron chi connectivity index (χ2n) is 6.42. The van der Waals surface area contributed by atoms with Gasteiger partial charge in [0.1, 0.15) is 5.82 Å². The molecule has 1 heterocycles. The molecule has 1 aromatic heterocycles. The molecular formula is C22H24N4O2. The highest BCUT2D eigenvalue weighted by atomic mass is 16.2. The van der Waals surface area contributed by atoms with Crippen molar-refractivity contribution in [3.8, 4) is 11.4 Å². The van der Waals surface area contributed by atoms with Crippen molar-refractivity contribution in [2.24, 2.45) is 0 Å². The molecule has 0 radical (unpaired) electrons. The average molecular weight is 376 g/mol. The first kappa shape index (κ1) is 19.4. The van der Waals surface area contributed by atoms with Crippen LogP contribution in [0.4, 0.5) is 5.69 Å². The molecule has 28 heavy (non-hydrogen) atoms. The van der Waals surface area contributed by atoms with Crippen LogP contribution < -0.4 is 10.6 Å². The van der Waals surface area contributed by atoms with E-state index in [4.69, 9.17) is 0 Å². The molecule has 0 aliphatic carbocycles. The second-order valence-corrected chi connectivity index (χ2v) is 6.42. The van der Waals surface area contributed by atoms with Crippen LogP contribution in [0.1, 0.15) is 18.9 Å². The number of benzene rings is 2. The molecule has 3 aromatic rings. The van der Waals surface area contributed by atoms with Gasteiger partial charge in [0.2, 0.25) is 0 Å². The van der Waals surface area contributed by atoms with Gasteiger partial charge in [0.05, 0.1) is 0 Å². The molecular weight excluding hydrogens is 352 g/mol. The molecule has 2 aromatic carbocycles. The fourth-order valence-corrected chi connectivity index (χ4v) is 2.88. The summed E-state index contributed by atoms with van der Waals surface area (Å²) in [5.74, 6) is -0.398. The van der Waals surface area contributed by atoms with Crippen molar-refractivity contribution in [1.82, 2.24) is 14.9 Å². The first-order valence-corrected chi connectivity index (χ1v) is 9.42. The minimum Gasteiger partial charge on any atom is -0.348 e. The van der Waals surface area contributed by atoms with Crippen molar-refractivity contribution in [3.63, 3.8) is 0 Å². The molecule has 0 atom stereocenters. The second kappa shape index (κ2) is 9.50. The van der Waals surface area contributed by atoms with Crippen LogP contribution in [0, 0.1) is 0 Å². The first-order valence-electron chi connectivity index (χ1n) is 9.42. The van der Waals surface area contributed by atoms with Crippen molar-refractivity contribution in [3.05, 3.63) is 72.6 Å². The molecule has 2 N–H and O–H groups in total. The Hall–Kier alpha value is -3.41. The zero-order valence-corrected chi connectivity index (χ0v) is 15.9. The van der Waals surface area contributed by atoms with E-state index in [1.165, 1.54) is 5.56 Å². The van der Waals surface area contributed by atoms with Crippen LogP contribution in [-0.4, -0.2) is 27.9 Å². The number of rotatable bonds is 7. The third-order valence-corrected chi connectivity index (χ3v) is 4.44. The normalized spacial score (nSPS) is 10.5. The average Bonchev–Trinajstić information content (AvgIpc) is 3.20. The van der Waals surface area contributed by atoms with Crippen LogP contribution in [-0.2, 0) is 22.6 Å². The number of hydrogen-bond donors (Lipinski definition) is 2. The lowest BCUT2D eigenvalue weighted by atomic mass is 10.1. The van der Waals surface area contributed by atoms with Gasteiger partial charge in [-0.15, -0.1) is 0 Å². The molecule has 0 fully saturated rings. The summed E-state index contributed by atoms with van der Waals surface area (Å²) in [6.45, 7) is 3.17. The smallest absolute Gasteiger partial charge is 0.313 e.